The van der Waals surface area contributed by atoms with E-state index in [4.69, 9.17) is 10.5 Å². The standard InChI is InChI=1S/C14H13FN2O2/c1-19-13-3-2-10(15)7-12(13)14(18)9-4-5-17-11(6-9)8-16/h2-7H,8,16H2,1H3. The first-order valence-electron chi connectivity index (χ1n) is 5.69. The van der Waals surface area contributed by atoms with Gasteiger partial charge in [-0.05, 0) is 30.3 Å². The lowest BCUT2D eigenvalue weighted by Gasteiger charge is -2.08. The predicted molar refractivity (Wildman–Crippen MR) is 68.5 cm³/mol. The van der Waals surface area contributed by atoms with Crippen LogP contribution in [0.1, 0.15) is 21.6 Å². The lowest BCUT2D eigenvalue weighted by molar-refractivity contribution is 0.103. The smallest absolute Gasteiger partial charge is 0.196 e. The fourth-order valence-corrected chi connectivity index (χ4v) is 1.74. The molecule has 2 aromatic rings. The van der Waals surface area contributed by atoms with Crippen LogP contribution >= 0.6 is 0 Å². The Hall–Kier alpha value is -2.27. The highest BCUT2D eigenvalue weighted by Crippen LogP contribution is 2.22. The number of hydrogen-bond acceptors (Lipinski definition) is 4. The Morgan fingerprint density at radius 3 is 2.84 bits per heavy atom. The summed E-state index contributed by atoms with van der Waals surface area (Å²) >= 11 is 0. The van der Waals surface area contributed by atoms with Crippen LogP contribution in [0.3, 0.4) is 0 Å². The van der Waals surface area contributed by atoms with Crippen molar-refractivity contribution in [1.29, 1.82) is 0 Å². The van der Waals surface area contributed by atoms with Crippen LogP contribution in [0.5, 0.6) is 5.75 Å². The minimum absolute atomic E-state index is 0.177. The molecule has 0 saturated carbocycles. The minimum atomic E-state index is -0.489. The van der Waals surface area contributed by atoms with Crippen molar-refractivity contribution < 1.29 is 13.9 Å². The molecular weight excluding hydrogens is 247 g/mol. The van der Waals surface area contributed by atoms with Crippen LogP contribution in [0.15, 0.2) is 36.5 Å². The molecule has 0 aliphatic carbocycles. The Labute approximate surface area is 110 Å². The van der Waals surface area contributed by atoms with Gasteiger partial charge < -0.3 is 10.5 Å². The van der Waals surface area contributed by atoms with Crippen molar-refractivity contribution in [2.45, 2.75) is 6.54 Å². The van der Waals surface area contributed by atoms with Gasteiger partial charge in [-0.15, -0.1) is 0 Å². The Morgan fingerprint density at radius 1 is 1.37 bits per heavy atom. The summed E-state index contributed by atoms with van der Waals surface area (Å²) in [6, 6.07) is 6.98. The molecule has 0 bridgehead atoms. The van der Waals surface area contributed by atoms with Crippen LogP contribution in [0, 0.1) is 5.82 Å². The number of aromatic nitrogens is 1. The first kappa shape index (κ1) is 13.2. The van der Waals surface area contributed by atoms with E-state index in [1.165, 1.54) is 25.4 Å². The zero-order valence-corrected chi connectivity index (χ0v) is 10.4. The molecular formula is C14H13FN2O2. The number of pyridine rings is 1. The SMILES string of the molecule is COc1ccc(F)cc1C(=O)c1ccnc(CN)c1. The monoisotopic (exact) mass is 260 g/mol. The van der Waals surface area contributed by atoms with Crippen molar-refractivity contribution in [2.24, 2.45) is 5.73 Å². The number of methoxy groups -OCH3 is 1. The molecule has 2 rings (SSSR count). The number of nitrogens with two attached hydrogens (primary N) is 1. The van der Waals surface area contributed by atoms with E-state index in [9.17, 15) is 9.18 Å². The van der Waals surface area contributed by atoms with Crippen LogP contribution < -0.4 is 10.5 Å². The first-order valence-corrected chi connectivity index (χ1v) is 5.69. The quantitative estimate of drug-likeness (QED) is 0.853. The normalized spacial score (nSPS) is 10.3. The van der Waals surface area contributed by atoms with Crippen LogP contribution in [0.25, 0.3) is 0 Å². The molecule has 0 amide bonds. The molecule has 98 valence electrons. The van der Waals surface area contributed by atoms with Crippen molar-refractivity contribution >= 4 is 5.78 Å². The number of halogens is 1. The molecule has 1 aromatic carbocycles. The highest BCUT2D eigenvalue weighted by Gasteiger charge is 2.15. The summed E-state index contributed by atoms with van der Waals surface area (Å²) in [4.78, 5) is 16.3. The van der Waals surface area contributed by atoms with Crippen LogP contribution in [-0.2, 0) is 6.54 Å². The van der Waals surface area contributed by atoms with E-state index < -0.39 is 5.82 Å². The largest absolute Gasteiger partial charge is 0.496 e. The van der Waals surface area contributed by atoms with Crippen molar-refractivity contribution in [2.75, 3.05) is 7.11 Å². The lowest BCUT2D eigenvalue weighted by Crippen LogP contribution is -2.07. The summed E-state index contributed by atoms with van der Waals surface area (Å²) in [5.41, 5.74) is 6.66. The molecule has 0 radical (unpaired) electrons. The molecule has 0 spiro atoms. The number of ketones is 1. The maximum atomic E-state index is 13.3. The molecule has 2 N–H and O–H groups in total. The fraction of sp³-hybridized carbons (Fsp3) is 0.143. The lowest BCUT2D eigenvalue weighted by atomic mass is 10.0. The summed E-state index contributed by atoms with van der Waals surface area (Å²) in [5.74, 6) is -0.483. The van der Waals surface area contributed by atoms with Gasteiger partial charge in [0.05, 0.1) is 18.4 Å². The Morgan fingerprint density at radius 2 is 2.16 bits per heavy atom. The van der Waals surface area contributed by atoms with Crippen molar-refractivity contribution in [1.82, 2.24) is 4.98 Å². The number of carbonyl (C=O) groups is 1. The van der Waals surface area contributed by atoms with Gasteiger partial charge in [-0.25, -0.2) is 4.39 Å². The molecule has 1 aromatic heterocycles. The van der Waals surface area contributed by atoms with Crippen LogP contribution in [-0.4, -0.2) is 17.9 Å². The van der Waals surface area contributed by atoms with E-state index in [1.807, 2.05) is 0 Å². The molecule has 0 aliphatic heterocycles. The molecule has 5 heteroatoms. The number of carbonyl (C=O) groups excluding carboxylic acids is 1. The van der Waals surface area contributed by atoms with Gasteiger partial charge >= 0.3 is 0 Å². The summed E-state index contributed by atoms with van der Waals surface area (Å²) in [6.45, 7) is 0.238. The average molecular weight is 260 g/mol. The summed E-state index contributed by atoms with van der Waals surface area (Å²) in [7, 11) is 1.43. The van der Waals surface area contributed by atoms with Gasteiger partial charge in [0.25, 0.3) is 0 Å². The Kier molecular flexibility index (Phi) is 3.87. The number of benzene rings is 1. The third-order valence-electron chi connectivity index (χ3n) is 2.69. The van der Waals surface area contributed by atoms with Gasteiger partial charge in [0.1, 0.15) is 11.6 Å². The molecule has 0 fully saturated rings. The van der Waals surface area contributed by atoms with E-state index in [2.05, 4.69) is 4.98 Å². The second-order valence-electron chi connectivity index (χ2n) is 3.91. The van der Waals surface area contributed by atoms with Gasteiger partial charge in [-0.1, -0.05) is 0 Å². The molecule has 1 heterocycles. The third kappa shape index (κ3) is 2.77. The summed E-state index contributed by atoms with van der Waals surface area (Å²) in [5, 5.41) is 0. The molecule has 4 nitrogen and oxygen atoms in total. The van der Waals surface area contributed by atoms with E-state index in [0.717, 1.165) is 6.07 Å². The van der Waals surface area contributed by atoms with Crippen molar-refractivity contribution in [3.05, 3.63) is 59.2 Å². The molecule has 0 unspecified atom stereocenters. The molecule has 0 saturated heterocycles. The minimum Gasteiger partial charge on any atom is -0.496 e. The third-order valence-corrected chi connectivity index (χ3v) is 2.69. The zero-order chi connectivity index (χ0) is 13.8. The highest BCUT2D eigenvalue weighted by molar-refractivity contribution is 6.10. The van der Waals surface area contributed by atoms with Crippen LogP contribution in [0.4, 0.5) is 4.39 Å². The first-order chi connectivity index (χ1) is 9.15. The van der Waals surface area contributed by atoms with Crippen molar-refractivity contribution in [3.63, 3.8) is 0 Å². The van der Waals surface area contributed by atoms with E-state index in [1.54, 1.807) is 12.1 Å². The van der Waals surface area contributed by atoms with E-state index >= 15 is 0 Å². The van der Waals surface area contributed by atoms with Crippen molar-refractivity contribution in [3.8, 4) is 5.75 Å². The second kappa shape index (κ2) is 5.58. The van der Waals surface area contributed by atoms with E-state index in [0.29, 0.717) is 17.0 Å². The van der Waals surface area contributed by atoms with Gasteiger partial charge in [0.15, 0.2) is 5.78 Å². The van der Waals surface area contributed by atoms with Gasteiger partial charge in [0.2, 0.25) is 0 Å². The molecule has 0 aliphatic rings. The topological polar surface area (TPSA) is 65.2 Å². The molecule has 0 atom stereocenters. The zero-order valence-electron chi connectivity index (χ0n) is 10.4. The maximum absolute atomic E-state index is 13.3. The van der Waals surface area contributed by atoms with E-state index in [-0.39, 0.29) is 17.9 Å². The molecule has 19 heavy (non-hydrogen) atoms. The van der Waals surface area contributed by atoms with Gasteiger partial charge in [-0.3, -0.25) is 9.78 Å². The number of hydrogen-bond donors (Lipinski definition) is 1. The van der Waals surface area contributed by atoms with Crippen LogP contribution in [0.2, 0.25) is 0 Å². The Bertz CT molecular complexity index is 614. The number of rotatable bonds is 4. The Balaban J connectivity index is 2.46. The number of nitrogens with zero attached hydrogens (tertiary/aromatic N) is 1. The summed E-state index contributed by atoms with van der Waals surface area (Å²) in [6.07, 6.45) is 1.50. The number of ether oxygens (including phenoxy) is 1. The predicted octanol–water partition coefficient (Wildman–Crippen LogP) is 1.92. The summed E-state index contributed by atoms with van der Waals surface area (Å²) < 4.78 is 18.3. The second-order valence-corrected chi connectivity index (χ2v) is 3.91. The highest BCUT2D eigenvalue weighted by atomic mass is 19.1. The van der Waals surface area contributed by atoms with Gasteiger partial charge in [0, 0.05) is 18.3 Å². The maximum Gasteiger partial charge on any atom is 0.196 e. The fourth-order valence-electron chi connectivity index (χ4n) is 1.74. The average Bonchev–Trinajstić information content (AvgIpc) is 2.46. The van der Waals surface area contributed by atoms with Gasteiger partial charge in [-0.2, -0.15) is 0 Å².